The fourth-order valence-electron chi connectivity index (χ4n) is 2.83. The lowest BCUT2D eigenvalue weighted by Gasteiger charge is -2.13. The fourth-order valence-corrected chi connectivity index (χ4v) is 2.83. The number of nitrogen functional groups attached to an aromatic ring is 2. The van der Waals surface area contributed by atoms with Gasteiger partial charge in [-0.25, -0.2) is 0 Å². The number of anilines is 2. The average Bonchev–Trinajstić information content (AvgIpc) is 2.68. The normalized spacial score (nSPS) is 10.7. The van der Waals surface area contributed by atoms with Gasteiger partial charge in [0.05, 0.1) is 11.4 Å². The van der Waals surface area contributed by atoms with Crippen LogP contribution < -0.4 is 20.9 Å². The maximum absolute atomic E-state index is 9.83. The van der Waals surface area contributed by atoms with Crippen molar-refractivity contribution in [3.63, 3.8) is 0 Å². The van der Waals surface area contributed by atoms with E-state index in [0.29, 0.717) is 23.0 Å². The summed E-state index contributed by atoms with van der Waals surface area (Å²) in [6.07, 6.45) is 0. The van der Waals surface area contributed by atoms with Crippen molar-refractivity contribution in [1.29, 1.82) is 0 Å². The molecule has 28 heavy (non-hydrogen) atoms. The van der Waals surface area contributed by atoms with Crippen LogP contribution in [0.5, 0.6) is 34.5 Å². The molecule has 4 aromatic carbocycles. The Labute approximate surface area is 161 Å². The number of phenols is 2. The van der Waals surface area contributed by atoms with Gasteiger partial charge >= 0.3 is 0 Å². The zero-order valence-corrected chi connectivity index (χ0v) is 14.8. The molecule has 4 aromatic rings. The number of fused-ring (bicyclic) bond motifs is 1. The van der Waals surface area contributed by atoms with Crippen molar-refractivity contribution in [3.05, 3.63) is 72.8 Å². The van der Waals surface area contributed by atoms with Gasteiger partial charge < -0.3 is 31.2 Å². The van der Waals surface area contributed by atoms with Gasteiger partial charge in [-0.3, -0.25) is 0 Å². The minimum Gasteiger partial charge on any atom is -0.506 e. The second-order valence-electron chi connectivity index (χ2n) is 6.29. The highest BCUT2D eigenvalue weighted by Gasteiger charge is 2.10. The molecular weight excluding hydrogens is 356 g/mol. The Kier molecular flexibility index (Phi) is 4.29. The predicted molar refractivity (Wildman–Crippen MR) is 109 cm³/mol. The molecule has 0 aliphatic carbocycles. The van der Waals surface area contributed by atoms with Gasteiger partial charge in [-0.2, -0.15) is 0 Å². The molecule has 0 saturated heterocycles. The molecule has 140 valence electrons. The molecule has 0 unspecified atom stereocenters. The lowest BCUT2D eigenvalue weighted by Crippen LogP contribution is -1.91. The first-order valence-electron chi connectivity index (χ1n) is 8.55. The van der Waals surface area contributed by atoms with Gasteiger partial charge in [-0.1, -0.05) is 24.3 Å². The highest BCUT2D eigenvalue weighted by molar-refractivity contribution is 5.90. The van der Waals surface area contributed by atoms with E-state index >= 15 is 0 Å². The first kappa shape index (κ1) is 17.4. The van der Waals surface area contributed by atoms with Crippen molar-refractivity contribution < 1.29 is 19.7 Å². The van der Waals surface area contributed by atoms with E-state index in [1.54, 1.807) is 30.3 Å². The highest BCUT2D eigenvalue weighted by atomic mass is 16.5. The van der Waals surface area contributed by atoms with E-state index in [1.165, 1.54) is 12.1 Å². The molecule has 0 atom stereocenters. The third-order valence-electron chi connectivity index (χ3n) is 4.26. The molecule has 4 rings (SSSR count). The Balaban J connectivity index is 1.74. The van der Waals surface area contributed by atoms with E-state index in [-0.39, 0.29) is 22.9 Å². The Morgan fingerprint density at radius 3 is 1.86 bits per heavy atom. The summed E-state index contributed by atoms with van der Waals surface area (Å²) in [5.41, 5.74) is 11.8. The Hall–Kier alpha value is -4.06. The first-order valence-corrected chi connectivity index (χ1v) is 8.55. The van der Waals surface area contributed by atoms with Crippen molar-refractivity contribution in [2.45, 2.75) is 0 Å². The second kappa shape index (κ2) is 6.92. The smallest absolute Gasteiger partial charge is 0.142 e. The number of rotatable bonds is 4. The standard InChI is InChI=1S/C22H18N2O4/c23-18-7-5-14(10-20(18)25)27-16-9-13-3-1-2-4-17(13)22(12-16)28-15-6-8-19(24)21(26)11-15/h1-12,25-26H,23-24H2. The highest BCUT2D eigenvalue weighted by Crippen LogP contribution is 2.38. The van der Waals surface area contributed by atoms with Gasteiger partial charge in [-0.15, -0.1) is 0 Å². The van der Waals surface area contributed by atoms with Gasteiger partial charge in [0.2, 0.25) is 0 Å². The van der Waals surface area contributed by atoms with Crippen molar-refractivity contribution in [2.24, 2.45) is 0 Å². The molecule has 6 N–H and O–H groups in total. The molecular formula is C22H18N2O4. The van der Waals surface area contributed by atoms with Gasteiger partial charge in [0.15, 0.2) is 0 Å². The molecule has 6 nitrogen and oxygen atoms in total. The van der Waals surface area contributed by atoms with E-state index in [2.05, 4.69) is 0 Å². The van der Waals surface area contributed by atoms with E-state index in [0.717, 1.165) is 10.8 Å². The topological polar surface area (TPSA) is 111 Å². The van der Waals surface area contributed by atoms with E-state index in [1.807, 2.05) is 30.3 Å². The SMILES string of the molecule is Nc1ccc(Oc2cc(Oc3ccc(N)c(O)c3)c3ccccc3c2)cc1O. The fraction of sp³-hybridized carbons (Fsp3) is 0. The molecule has 0 aliphatic rings. The minimum atomic E-state index is -0.0495. The number of ether oxygens (including phenoxy) is 2. The largest absolute Gasteiger partial charge is 0.506 e. The third-order valence-corrected chi connectivity index (χ3v) is 4.26. The zero-order chi connectivity index (χ0) is 19.7. The molecule has 0 aliphatic heterocycles. The number of nitrogens with two attached hydrogens (primary N) is 2. The van der Waals surface area contributed by atoms with Gasteiger partial charge in [0.25, 0.3) is 0 Å². The number of hydrogen-bond donors (Lipinski definition) is 4. The molecule has 0 fully saturated rings. The van der Waals surface area contributed by atoms with Crippen LogP contribution in [-0.2, 0) is 0 Å². The number of phenolic OH excluding ortho intramolecular Hbond substituents is 2. The molecule has 0 aromatic heterocycles. The van der Waals surface area contributed by atoms with Gasteiger partial charge in [0.1, 0.15) is 34.5 Å². The summed E-state index contributed by atoms with van der Waals surface area (Å²) >= 11 is 0. The summed E-state index contributed by atoms with van der Waals surface area (Å²) < 4.78 is 11.9. The maximum atomic E-state index is 9.83. The van der Waals surface area contributed by atoms with E-state index in [9.17, 15) is 10.2 Å². The van der Waals surface area contributed by atoms with Crippen LogP contribution in [0, 0.1) is 0 Å². The van der Waals surface area contributed by atoms with Crippen LogP contribution in [0.2, 0.25) is 0 Å². The zero-order valence-electron chi connectivity index (χ0n) is 14.8. The summed E-state index contributed by atoms with van der Waals surface area (Å²) in [6, 6.07) is 20.7. The van der Waals surface area contributed by atoms with Crippen LogP contribution in [0.3, 0.4) is 0 Å². The van der Waals surface area contributed by atoms with Crippen molar-refractivity contribution >= 4 is 22.1 Å². The second-order valence-corrected chi connectivity index (χ2v) is 6.29. The molecule has 0 saturated carbocycles. The quantitative estimate of drug-likeness (QED) is 0.295. The van der Waals surface area contributed by atoms with Crippen molar-refractivity contribution in [1.82, 2.24) is 0 Å². The monoisotopic (exact) mass is 374 g/mol. The number of aromatic hydroxyl groups is 2. The van der Waals surface area contributed by atoms with Crippen LogP contribution in [0.25, 0.3) is 10.8 Å². The summed E-state index contributed by atoms with van der Waals surface area (Å²) in [5, 5.41) is 21.4. The average molecular weight is 374 g/mol. The summed E-state index contributed by atoms with van der Waals surface area (Å²) in [6.45, 7) is 0. The maximum Gasteiger partial charge on any atom is 0.142 e. The van der Waals surface area contributed by atoms with Gasteiger partial charge in [-0.05, 0) is 35.7 Å². The van der Waals surface area contributed by atoms with Crippen LogP contribution in [0.1, 0.15) is 0 Å². The van der Waals surface area contributed by atoms with E-state index in [4.69, 9.17) is 20.9 Å². The van der Waals surface area contributed by atoms with E-state index < -0.39 is 0 Å². The Bertz CT molecular complexity index is 1170. The molecule has 0 amide bonds. The van der Waals surface area contributed by atoms with Crippen LogP contribution >= 0.6 is 0 Å². The summed E-state index contributed by atoms with van der Waals surface area (Å²) in [7, 11) is 0. The number of hydrogen-bond acceptors (Lipinski definition) is 6. The lowest BCUT2D eigenvalue weighted by atomic mass is 10.1. The van der Waals surface area contributed by atoms with Crippen LogP contribution in [-0.4, -0.2) is 10.2 Å². The molecule has 0 radical (unpaired) electrons. The van der Waals surface area contributed by atoms with Crippen molar-refractivity contribution in [3.8, 4) is 34.5 Å². The predicted octanol–water partition coefficient (Wildman–Crippen LogP) is 5.00. The summed E-state index contributed by atoms with van der Waals surface area (Å²) in [5.74, 6) is 1.87. The molecule has 0 bridgehead atoms. The third kappa shape index (κ3) is 3.43. The molecule has 0 spiro atoms. The van der Waals surface area contributed by atoms with Crippen LogP contribution in [0.4, 0.5) is 11.4 Å². The van der Waals surface area contributed by atoms with Crippen molar-refractivity contribution in [2.75, 3.05) is 11.5 Å². The Morgan fingerprint density at radius 2 is 1.21 bits per heavy atom. The number of benzene rings is 4. The van der Waals surface area contributed by atoms with Crippen LogP contribution in [0.15, 0.2) is 72.8 Å². The van der Waals surface area contributed by atoms with Gasteiger partial charge in [0, 0.05) is 23.6 Å². The lowest BCUT2D eigenvalue weighted by molar-refractivity contribution is 0.448. The summed E-state index contributed by atoms with van der Waals surface area (Å²) in [4.78, 5) is 0. The molecule has 6 heteroatoms. The first-order chi connectivity index (χ1) is 13.5. The minimum absolute atomic E-state index is 0.0490. The Morgan fingerprint density at radius 1 is 0.607 bits per heavy atom. The molecule has 0 heterocycles.